The normalized spacial score (nSPS) is 15.8. The Morgan fingerprint density at radius 1 is 1.50 bits per heavy atom. The van der Waals surface area contributed by atoms with Crippen molar-refractivity contribution >= 4 is 23.4 Å². The van der Waals surface area contributed by atoms with Crippen molar-refractivity contribution in [3.63, 3.8) is 0 Å². The molecular weight excluding hydrogens is 230 g/mol. The molecule has 0 aromatic carbocycles. The molecule has 1 saturated heterocycles. The molecule has 1 fully saturated rings. The van der Waals surface area contributed by atoms with Crippen LogP contribution in [0, 0.1) is 0 Å². The largest absolute Gasteiger partial charge is 0.353 e. The van der Waals surface area contributed by atoms with Crippen LogP contribution in [0.15, 0.2) is 18.3 Å². The van der Waals surface area contributed by atoms with Gasteiger partial charge in [-0.25, -0.2) is 4.98 Å². The van der Waals surface area contributed by atoms with E-state index in [0.29, 0.717) is 23.8 Å². The van der Waals surface area contributed by atoms with Crippen molar-refractivity contribution in [3.8, 4) is 0 Å². The zero-order valence-corrected chi connectivity index (χ0v) is 9.20. The van der Waals surface area contributed by atoms with Crippen LogP contribution < -0.4 is 5.32 Å². The van der Waals surface area contributed by atoms with E-state index in [1.54, 1.807) is 12.1 Å². The highest BCUT2D eigenvalue weighted by molar-refractivity contribution is 6.29. The van der Waals surface area contributed by atoms with Crippen LogP contribution in [0.4, 0.5) is 0 Å². The van der Waals surface area contributed by atoms with E-state index in [4.69, 9.17) is 11.6 Å². The molecule has 0 aliphatic carbocycles. The van der Waals surface area contributed by atoms with Crippen LogP contribution in [-0.4, -0.2) is 41.3 Å². The number of carbonyl (C=O) groups is 2. The van der Waals surface area contributed by atoms with Crippen LogP contribution in [0.25, 0.3) is 0 Å². The first-order valence-electron chi connectivity index (χ1n) is 4.84. The van der Waals surface area contributed by atoms with Crippen LogP contribution >= 0.6 is 11.6 Å². The Morgan fingerprint density at radius 2 is 2.31 bits per heavy atom. The lowest BCUT2D eigenvalue weighted by Crippen LogP contribution is -2.49. The maximum atomic E-state index is 11.9. The number of amides is 2. The lowest BCUT2D eigenvalue weighted by Gasteiger charge is -2.26. The van der Waals surface area contributed by atoms with E-state index in [0.717, 1.165) is 0 Å². The molecule has 5 nitrogen and oxygen atoms in total. The van der Waals surface area contributed by atoms with Crippen LogP contribution in [0.3, 0.4) is 0 Å². The second-order valence-electron chi connectivity index (χ2n) is 3.45. The fraction of sp³-hybridized carbons (Fsp3) is 0.300. The van der Waals surface area contributed by atoms with Gasteiger partial charge in [0.2, 0.25) is 5.91 Å². The lowest BCUT2D eigenvalue weighted by molar-refractivity contribution is -0.123. The Bertz CT molecular complexity index is 419. The molecule has 1 aliphatic heterocycles. The summed E-state index contributed by atoms with van der Waals surface area (Å²) in [4.78, 5) is 28.4. The van der Waals surface area contributed by atoms with Crippen molar-refractivity contribution in [3.05, 3.63) is 29.0 Å². The fourth-order valence-electron chi connectivity index (χ4n) is 1.50. The number of rotatable bonds is 1. The van der Waals surface area contributed by atoms with Gasteiger partial charge in [-0.05, 0) is 12.1 Å². The van der Waals surface area contributed by atoms with Gasteiger partial charge in [0, 0.05) is 19.3 Å². The van der Waals surface area contributed by atoms with Crippen molar-refractivity contribution < 1.29 is 9.59 Å². The predicted octanol–water partition coefficient (Wildman–Crippen LogP) is 0.307. The van der Waals surface area contributed by atoms with E-state index in [1.165, 1.54) is 11.1 Å². The van der Waals surface area contributed by atoms with Gasteiger partial charge < -0.3 is 10.2 Å². The molecule has 2 amide bonds. The number of carbonyl (C=O) groups excluding carboxylic acids is 2. The van der Waals surface area contributed by atoms with Crippen molar-refractivity contribution in [2.24, 2.45) is 0 Å². The molecule has 84 valence electrons. The number of nitrogens with one attached hydrogen (secondary N) is 1. The lowest BCUT2D eigenvalue weighted by atomic mass is 10.2. The summed E-state index contributed by atoms with van der Waals surface area (Å²) < 4.78 is 0. The number of hydrogen-bond donors (Lipinski definition) is 1. The molecule has 0 unspecified atom stereocenters. The Hall–Kier alpha value is -1.62. The smallest absolute Gasteiger partial charge is 0.255 e. The molecule has 2 heterocycles. The van der Waals surface area contributed by atoms with Gasteiger partial charge in [0.1, 0.15) is 5.15 Å². The quantitative estimate of drug-likeness (QED) is 0.718. The Morgan fingerprint density at radius 3 is 2.94 bits per heavy atom. The average Bonchev–Trinajstić information content (AvgIpc) is 2.29. The summed E-state index contributed by atoms with van der Waals surface area (Å²) in [5.41, 5.74) is 0.444. The van der Waals surface area contributed by atoms with Gasteiger partial charge >= 0.3 is 0 Å². The molecule has 0 spiro atoms. The van der Waals surface area contributed by atoms with Crippen LogP contribution in [-0.2, 0) is 4.79 Å². The molecule has 1 aliphatic rings. The monoisotopic (exact) mass is 239 g/mol. The van der Waals surface area contributed by atoms with Gasteiger partial charge in [-0.3, -0.25) is 9.59 Å². The summed E-state index contributed by atoms with van der Waals surface area (Å²) in [6.45, 7) is 1.11. The first-order valence-corrected chi connectivity index (χ1v) is 5.22. The van der Waals surface area contributed by atoms with Gasteiger partial charge in [-0.1, -0.05) is 11.6 Å². The van der Waals surface area contributed by atoms with E-state index < -0.39 is 0 Å². The minimum absolute atomic E-state index is 0.0987. The van der Waals surface area contributed by atoms with Crippen LogP contribution in [0.1, 0.15) is 10.4 Å². The second kappa shape index (κ2) is 4.49. The Balaban J connectivity index is 2.12. The highest BCUT2D eigenvalue weighted by atomic mass is 35.5. The van der Waals surface area contributed by atoms with E-state index in [9.17, 15) is 9.59 Å². The Kier molecular flexibility index (Phi) is 3.05. The summed E-state index contributed by atoms with van der Waals surface area (Å²) >= 11 is 5.63. The van der Waals surface area contributed by atoms with E-state index in [1.807, 2.05) is 0 Å². The summed E-state index contributed by atoms with van der Waals surface area (Å²) in [6.07, 6.45) is 1.41. The molecule has 2 rings (SSSR count). The summed E-state index contributed by atoms with van der Waals surface area (Å²) in [5.74, 6) is -0.333. The number of nitrogens with zero attached hydrogens (tertiary/aromatic N) is 2. The third-order valence-corrected chi connectivity index (χ3v) is 2.52. The standard InChI is InChI=1S/C10H10ClN3O2/c11-8-2-1-7(5-13-8)10(16)14-4-3-12-9(15)6-14/h1-2,5H,3-4,6H2,(H,12,15). The van der Waals surface area contributed by atoms with Gasteiger partial charge in [-0.2, -0.15) is 0 Å². The SMILES string of the molecule is O=C1CN(C(=O)c2ccc(Cl)nc2)CCN1. The number of pyridine rings is 1. The van der Waals surface area contributed by atoms with Gasteiger partial charge in [0.05, 0.1) is 12.1 Å². The predicted molar refractivity (Wildman–Crippen MR) is 58.2 cm³/mol. The Labute approximate surface area is 97.4 Å². The first kappa shape index (κ1) is 10.9. The molecule has 0 bridgehead atoms. The molecule has 0 radical (unpaired) electrons. The zero-order valence-electron chi connectivity index (χ0n) is 8.44. The third kappa shape index (κ3) is 2.30. The molecule has 0 saturated carbocycles. The first-order chi connectivity index (χ1) is 7.66. The molecule has 1 aromatic heterocycles. The van der Waals surface area contributed by atoms with E-state index >= 15 is 0 Å². The maximum Gasteiger partial charge on any atom is 0.255 e. The van der Waals surface area contributed by atoms with Gasteiger partial charge in [0.15, 0.2) is 0 Å². The van der Waals surface area contributed by atoms with E-state index in [2.05, 4.69) is 10.3 Å². The molecule has 1 aromatic rings. The number of piperazine rings is 1. The molecule has 0 atom stereocenters. The maximum absolute atomic E-state index is 11.9. The topological polar surface area (TPSA) is 62.3 Å². The van der Waals surface area contributed by atoms with Crippen molar-refractivity contribution in [1.29, 1.82) is 0 Å². The minimum atomic E-state index is -0.195. The van der Waals surface area contributed by atoms with E-state index in [-0.39, 0.29) is 18.4 Å². The highest BCUT2D eigenvalue weighted by Crippen LogP contribution is 2.08. The van der Waals surface area contributed by atoms with Crippen LogP contribution in [0.5, 0.6) is 0 Å². The third-order valence-electron chi connectivity index (χ3n) is 2.30. The second-order valence-corrected chi connectivity index (χ2v) is 3.83. The molecular formula is C10H10ClN3O2. The number of aromatic nitrogens is 1. The van der Waals surface area contributed by atoms with Gasteiger partial charge in [-0.15, -0.1) is 0 Å². The fourth-order valence-corrected chi connectivity index (χ4v) is 1.61. The molecule has 16 heavy (non-hydrogen) atoms. The number of hydrogen-bond acceptors (Lipinski definition) is 3. The van der Waals surface area contributed by atoms with Crippen LogP contribution in [0.2, 0.25) is 5.15 Å². The molecule has 6 heteroatoms. The number of halogens is 1. The summed E-state index contributed by atoms with van der Waals surface area (Å²) in [7, 11) is 0. The summed E-state index contributed by atoms with van der Waals surface area (Å²) in [6, 6.07) is 3.16. The zero-order chi connectivity index (χ0) is 11.5. The average molecular weight is 240 g/mol. The van der Waals surface area contributed by atoms with Gasteiger partial charge in [0.25, 0.3) is 5.91 Å². The van der Waals surface area contributed by atoms with Crippen molar-refractivity contribution in [1.82, 2.24) is 15.2 Å². The highest BCUT2D eigenvalue weighted by Gasteiger charge is 2.22. The molecule has 1 N–H and O–H groups in total. The van der Waals surface area contributed by atoms with Crippen molar-refractivity contribution in [2.75, 3.05) is 19.6 Å². The summed E-state index contributed by atoms with van der Waals surface area (Å²) in [5, 5.41) is 3.00. The van der Waals surface area contributed by atoms with Crippen molar-refractivity contribution in [2.45, 2.75) is 0 Å². The minimum Gasteiger partial charge on any atom is -0.353 e.